The summed E-state index contributed by atoms with van der Waals surface area (Å²) in [4.78, 5) is 2.50. The van der Waals surface area contributed by atoms with Crippen LogP contribution in [0.15, 0.2) is 18.2 Å². The number of rotatable bonds is 1. The van der Waals surface area contributed by atoms with Crippen LogP contribution >= 0.6 is 0 Å². The number of benzene rings is 1. The fourth-order valence-electron chi connectivity index (χ4n) is 9.57. The molecule has 30 heavy (non-hydrogen) atoms. The van der Waals surface area contributed by atoms with Gasteiger partial charge < -0.3 is 4.90 Å². The third kappa shape index (κ3) is 3.05. The van der Waals surface area contributed by atoms with Gasteiger partial charge in [0.25, 0.3) is 0 Å². The van der Waals surface area contributed by atoms with Crippen LogP contribution in [-0.4, -0.2) is 18.5 Å². The van der Waals surface area contributed by atoms with Crippen LogP contribution in [0.3, 0.4) is 0 Å². The van der Waals surface area contributed by atoms with E-state index in [1.807, 2.05) is 0 Å². The lowest BCUT2D eigenvalue weighted by Gasteiger charge is -2.56. The van der Waals surface area contributed by atoms with Gasteiger partial charge in [-0.3, -0.25) is 0 Å². The van der Waals surface area contributed by atoms with Gasteiger partial charge in [0.2, 0.25) is 0 Å². The van der Waals surface area contributed by atoms with E-state index in [9.17, 15) is 0 Å². The van der Waals surface area contributed by atoms with Gasteiger partial charge in [-0.1, -0.05) is 38.5 Å². The Kier molecular flexibility index (Phi) is 4.87. The van der Waals surface area contributed by atoms with Gasteiger partial charge in [0, 0.05) is 13.1 Å². The highest BCUT2D eigenvalue weighted by atomic mass is 15.1. The largest absolute Gasteiger partial charge is 0.302 e. The van der Waals surface area contributed by atoms with Gasteiger partial charge in [-0.15, -0.1) is 0 Å². The third-order valence-corrected chi connectivity index (χ3v) is 11.1. The van der Waals surface area contributed by atoms with Crippen LogP contribution < -0.4 is 0 Å². The van der Waals surface area contributed by atoms with Gasteiger partial charge in [-0.2, -0.15) is 0 Å². The van der Waals surface area contributed by atoms with Crippen LogP contribution in [0.1, 0.15) is 94.2 Å². The Hall–Kier alpha value is -0.820. The first kappa shape index (κ1) is 19.8. The Morgan fingerprint density at radius 1 is 0.900 bits per heavy atom. The molecular weight excluding hydrogens is 362 g/mol. The summed E-state index contributed by atoms with van der Waals surface area (Å²) in [6.07, 6.45) is 15.0. The molecule has 1 aliphatic heterocycles. The van der Waals surface area contributed by atoms with Crippen molar-refractivity contribution in [1.82, 2.24) is 4.90 Å². The number of fused-ring (bicyclic) bond motifs is 6. The summed E-state index contributed by atoms with van der Waals surface area (Å²) >= 11 is 0. The van der Waals surface area contributed by atoms with E-state index in [0.29, 0.717) is 5.41 Å². The molecule has 1 aromatic rings. The first-order chi connectivity index (χ1) is 14.5. The second-order valence-corrected chi connectivity index (χ2v) is 12.5. The second kappa shape index (κ2) is 7.36. The highest BCUT2D eigenvalue weighted by Gasteiger charge is 2.57. The Morgan fingerprint density at radius 2 is 1.77 bits per heavy atom. The first-order valence-corrected chi connectivity index (χ1v) is 13.3. The zero-order chi connectivity index (χ0) is 20.5. The lowest BCUT2D eigenvalue weighted by Crippen LogP contribution is -2.48. The smallest absolute Gasteiger partial charge is 0.0233 e. The summed E-state index contributed by atoms with van der Waals surface area (Å²) in [6, 6.07) is 7.66. The number of hydrogen-bond donors (Lipinski definition) is 0. The molecule has 5 aliphatic rings. The van der Waals surface area contributed by atoms with Crippen molar-refractivity contribution in [3.8, 4) is 0 Å². The van der Waals surface area contributed by atoms with E-state index in [-0.39, 0.29) is 0 Å². The van der Waals surface area contributed by atoms with Gasteiger partial charge in [-0.05, 0) is 128 Å². The van der Waals surface area contributed by atoms with E-state index < -0.39 is 0 Å². The normalized spacial score (nSPS) is 45.9. The minimum Gasteiger partial charge on any atom is -0.302 e. The number of likely N-dealkylation sites (N-methyl/N-ethyl adjacent to an activating group) is 1. The van der Waals surface area contributed by atoms with Crippen LogP contribution in [0, 0.1) is 40.9 Å². The molecule has 4 fully saturated rings. The molecule has 0 bridgehead atoms. The third-order valence-electron chi connectivity index (χ3n) is 11.1. The van der Waals surface area contributed by atoms with Gasteiger partial charge in [0.1, 0.15) is 0 Å². The molecule has 0 N–H and O–H groups in total. The minimum absolute atomic E-state index is 0.560. The van der Waals surface area contributed by atoms with E-state index in [1.165, 1.54) is 45.1 Å². The lowest BCUT2D eigenvalue weighted by molar-refractivity contribution is -0.0595. The average Bonchev–Trinajstić information content (AvgIpc) is 3.10. The Labute approximate surface area is 185 Å². The maximum Gasteiger partial charge on any atom is 0.0233 e. The Balaban J connectivity index is 1.25. The van der Waals surface area contributed by atoms with Gasteiger partial charge >= 0.3 is 0 Å². The van der Waals surface area contributed by atoms with Crippen molar-refractivity contribution in [2.24, 2.45) is 40.9 Å². The van der Waals surface area contributed by atoms with Crippen molar-refractivity contribution in [2.45, 2.75) is 90.5 Å². The quantitative estimate of drug-likeness (QED) is 0.484. The van der Waals surface area contributed by atoms with E-state index >= 15 is 0 Å². The van der Waals surface area contributed by atoms with Crippen molar-refractivity contribution in [2.75, 3.05) is 13.6 Å². The first-order valence-electron chi connectivity index (χ1n) is 13.3. The average molecular weight is 406 g/mol. The Morgan fingerprint density at radius 3 is 2.67 bits per heavy atom. The minimum atomic E-state index is 0.560. The molecule has 4 saturated carbocycles. The molecule has 6 rings (SSSR count). The molecular formula is C29H43N. The van der Waals surface area contributed by atoms with E-state index in [2.05, 4.69) is 44.0 Å². The summed E-state index contributed by atoms with van der Waals surface area (Å²) < 4.78 is 0. The monoisotopic (exact) mass is 405 g/mol. The van der Waals surface area contributed by atoms with Crippen molar-refractivity contribution in [1.29, 1.82) is 0 Å². The fourth-order valence-corrected chi connectivity index (χ4v) is 9.57. The zero-order valence-corrected chi connectivity index (χ0v) is 19.7. The van der Waals surface area contributed by atoms with Gasteiger partial charge in [-0.25, -0.2) is 0 Å². The molecule has 1 nitrogen and oxygen atoms in total. The predicted octanol–water partition coefficient (Wildman–Crippen LogP) is 7.05. The fraction of sp³-hybridized carbons (Fsp3) is 0.793. The molecule has 8 atom stereocenters. The van der Waals surface area contributed by atoms with Gasteiger partial charge in [0.15, 0.2) is 0 Å². The Bertz CT molecular complexity index is 798. The summed E-state index contributed by atoms with van der Waals surface area (Å²) in [7, 11) is 2.28. The highest BCUT2D eigenvalue weighted by molar-refractivity contribution is 5.37. The predicted molar refractivity (Wildman–Crippen MR) is 125 cm³/mol. The molecule has 0 spiro atoms. The summed E-state index contributed by atoms with van der Waals surface area (Å²) in [6.45, 7) is 7.60. The van der Waals surface area contributed by atoms with Crippen LogP contribution in [0.25, 0.3) is 0 Å². The van der Waals surface area contributed by atoms with Crippen molar-refractivity contribution < 1.29 is 0 Å². The highest BCUT2D eigenvalue weighted by Crippen LogP contribution is 2.66. The van der Waals surface area contributed by atoms with Crippen LogP contribution in [0.4, 0.5) is 0 Å². The van der Waals surface area contributed by atoms with Crippen molar-refractivity contribution >= 4 is 0 Å². The molecule has 0 aromatic heterocycles. The molecule has 0 radical (unpaired) electrons. The second-order valence-electron chi connectivity index (χ2n) is 12.5. The lowest BCUT2D eigenvalue weighted by atomic mass is 9.49. The van der Waals surface area contributed by atoms with Crippen LogP contribution in [0.5, 0.6) is 0 Å². The van der Waals surface area contributed by atoms with Gasteiger partial charge in [0.05, 0.1) is 0 Å². The molecule has 164 valence electrons. The molecule has 1 aromatic carbocycles. The molecule has 0 saturated heterocycles. The zero-order valence-electron chi connectivity index (χ0n) is 19.7. The van der Waals surface area contributed by atoms with E-state index in [1.54, 1.807) is 42.4 Å². The topological polar surface area (TPSA) is 3.24 Å². The molecule has 1 heterocycles. The number of nitrogens with zero attached hydrogens (tertiary/aromatic N) is 1. The molecule has 0 unspecified atom stereocenters. The van der Waals surface area contributed by atoms with Crippen LogP contribution in [0.2, 0.25) is 0 Å². The maximum atomic E-state index is 2.71. The van der Waals surface area contributed by atoms with Crippen molar-refractivity contribution in [3.05, 3.63) is 34.9 Å². The summed E-state index contributed by atoms with van der Waals surface area (Å²) in [5.41, 5.74) is 5.49. The molecule has 1 heteroatoms. The van der Waals surface area contributed by atoms with E-state index in [4.69, 9.17) is 0 Å². The molecule has 4 aliphatic carbocycles. The number of hydrogen-bond acceptors (Lipinski definition) is 1. The molecule has 0 amide bonds. The van der Waals surface area contributed by atoms with Crippen LogP contribution in [-0.2, 0) is 13.0 Å². The SMILES string of the molecule is C[C@H]1CC[C@H]2[C@@H](CC[C@@H]3[C@@H]2CC[C@]2(C)[C@@H](c4ccc5c(c4)CN(C)CC5)CC[C@@H]32)C1. The summed E-state index contributed by atoms with van der Waals surface area (Å²) in [5, 5.41) is 0. The maximum absolute atomic E-state index is 2.71. The standard InChI is InChI=1S/C29H43N/c1-19-4-8-24-21(16-19)7-9-26-25(24)12-14-29(2)27(10-11-28(26)29)22-6-5-20-13-15-30(3)18-23(20)17-22/h5-6,17,19,21,24-28H,4,7-16,18H2,1-3H3/t19-,21-,24-,25+,26+,27+,28-,29+/m0/s1. The van der Waals surface area contributed by atoms with E-state index in [0.717, 1.165) is 48.0 Å². The van der Waals surface area contributed by atoms with Crippen molar-refractivity contribution in [3.63, 3.8) is 0 Å². The summed E-state index contributed by atoms with van der Waals surface area (Å²) in [5.74, 6) is 7.09.